The fraction of sp³-hybridized carbons (Fsp3) is 0.778. The van der Waals surface area contributed by atoms with Gasteiger partial charge in [-0.2, -0.15) is 0 Å². The molecule has 7 heteroatoms. The van der Waals surface area contributed by atoms with Crippen molar-refractivity contribution in [3.05, 3.63) is 0 Å². The largest absolute Gasteiger partial charge is 0.419 e. The third-order valence-electron chi connectivity index (χ3n) is 5.92. The lowest BCUT2D eigenvalue weighted by molar-refractivity contribution is -0.173. The van der Waals surface area contributed by atoms with E-state index in [9.17, 15) is 14.4 Å². The summed E-state index contributed by atoms with van der Waals surface area (Å²) in [5, 5.41) is 0.289. The number of ether oxygens (including phenoxy) is 2. The Hall–Kier alpha value is -1.34. The molecule has 138 valence electrons. The van der Waals surface area contributed by atoms with Crippen molar-refractivity contribution in [2.75, 3.05) is 0 Å². The summed E-state index contributed by atoms with van der Waals surface area (Å²) in [5.74, 6) is -2.09. The van der Waals surface area contributed by atoms with E-state index in [0.717, 1.165) is 12.8 Å². The molecule has 3 fully saturated rings. The second-order valence-corrected chi connectivity index (χ2v) is 8.02. The van der Waals surface area contributed by atoms with Crippen molar-refractivity contribution in [3.63, 3.8) is 0 Å². The Bertz CT molecular complexity index is 590. The molecule has 1 aliphatic carbocycles. The van der Waals surface area contributed by atoms with Crippen molar-refractivity contribution >= 4 is 35.2 Å². The second kappa shape index (κ2) is 7.50. The molecule has 2 aliphatic heterocycles. The maximum absolute atomic E-state index is 12.4. The monoisotopic (exact) mass is 367 g/mol. The smallest absolute Gasteiger partial charge is 0.316 e. The molecule has 2 N–H and O–H groups in total. The highest BCUT2D eigenvalue weighted by Crippen LogP contribution is 2.40. The first-order valence-electron chi connectivity index (χ1n) is 9.15. The zero-order valence-corrected chi connectivity index (χ0v) is 15.3. The molecule has 2 saturated heterocycles. The van der Waals surface area contributed by atoms with E-state index in [-0.39, 0.29) is 46.7 Å². The van der Waals surface area contributed by atoms with Crippen LogP contribution in [0.5, 0.6) is 0 Å². The van der Waals surface area contributed by atoms with E-state index in [1.54, 1.807) is 0 Å². The van der Waals surface area contributed by atoms with Gasteiger partial charge in [-0.3, -0.25) is 14.4 Å². The van der Waals surface area contributed by atoms with Crippen molar-refractivity contribution in [1.29, 1.82) is 0 Å². The van der Waals surface area contributed by atoms with Crippen LogP contribution in [-0.4, -0.2) is 29.0 Å². The lowest BCUT2D eigenvalue weighted by atomic mass is 9.70. The summed E-state index contributed by atoms with van der Waals surface area (Å²) >= 11 is 5.32. The molecule has 0 aromatic heterocycles. The highest BCUT2D eigenvalue weighted by Gasteiger charge is 2.46. The highest BCUT2D eigenvalue weighted by atomic mass is 32.1. The van der Waals surface area contributed by atoms with Crippen molar-refractivity contribution in [2.24, 2.45) is 35.3 Å². The maximum atomic E-state index is 12.4. The minimum atomic E-state index is -0.439. The van der Waals surface area contributed by atoms with E-state index >= 15 is 0 Å². The minimum absolute atomic E-state index is 0.0646. The average molecular weight is 367 g/mol. The number of cyclic esters (lactones) is 3. The first-order chi connectivity index (χ1) is 11.9. The average Bonchev–Trinajstić information content (AvgIpc) is 2.52. The van der Waals surface area contributed by atoms with Crippen molar-refractivity contribution in [2.45, 2.75) is 57.9 Å². The number of carbonyl (C=O) groups is 3. The number of thiocarbonyl (C=S) groups is 1. The van der Waals surface area contributed by atoms with Crippen LogP contribution in [-0.2, 0) is 23.9 Å². The SMILES string of the molecule is CC(N)C1C2CCCCC3CC(CCC1C(=S)OC2=O)C(=O)OC3=O. The van der Waals surface area contributed by atoms with Crippen molar-refractivity contribution < 1.29 is 23.9 Å². The third-order valence-corrected chi connectivity index (χ3v) is 6.31. The Kier molecular flexibility index (Phi) is 5.53. The number of esters is 3. The van der Waals surface area contributed by atoms with Gasteiger partial charge in [0.05, 0.1) is 17.8 Å². The number of hydrogen-bond acceptors (Lipinski definition) is 7. The molecule has 6 atom stereocenters. The van der Waals surface area contributed by atoms with E-state index < -0.39 is 11.9 Å². The van der Waals surface area contributed by atoms with E-state index in [1.807, 2.05) is 6.92 Å². The van der Waals surface area contributed by atoms with E-state index in [2.05, 4.69) is 0 Å². The van der Waals surface area contributed by atoms with Gasteiger partial charge in [-0.15, -0.1) is 0 Å². The molecular formula is C18H25NO5S. The zero-order chi connectivity index (χ0) is 18.1. The van der Waals surface area contributed by atoms with Crippen LogP contribution in [0, 0.1) is 29.6 Å². The van der Waals surface area contributed by atoms with Crippen molar-refractivity contribution in [1.82, 2.24) is 0 Å². The van der Waals surface area contributed by atoms with Crippen LogP contribution in [0.25, 0.3) is 0 Å². The standard InChI is InChI=1S/C18H25NO5S/c1-9(19)14-12-5-3-2-4-10-8-11(16(21)23-15(10)20)6-7-13(14)18(25)24-17(12)22/h9-14H,2-8,19H2,1H3. The number of hydrogen-bond donors (Lipinski definition) is 1. The van der Waals surface area contributed by atoms with Crippen LogP contribution in [0.1, 0.15) is 51.9 Å². The molecule has 3 rings (SSSR count). The van der Waals surface area contributed by atoms with Gasteiger partial charge in [-0.1, -0.05) is 12.8 Å². The quantitative estimate of drug-likeness (QED) is 0.431. The Morgan fingerprint density at radius 2 is 1.56 bits per heavy atom. The van der Waals surface area contributed by atoms with Gasteiger partial charge in [0.25, 0.3) is 0 Å². The Balaban J connectivity index is 1.85. The van der Waals surface area contributed by atoms with Gasteiger partial charge in [0.15, 0.2) is 5.05 Å². The first kappa shape index (κ1) is 18.5. The van der Waals surface area contributed by atoms with Gasteiger partial charge in [-0.25, -0.2) is 0 Å². The summed E-state index contributed by atoms with van der Waals surface area (Å²) in [7, 11) is 0. The molecule has 0 spiro atoms. The van der Waals surface area contributed by atoms with E-state index in [1.165, 1.54) is 0 Å². The van der Waals surface area contributed by atoms with Crippen LogP contribution >= 0.6 is 12.2 Å². The fourth-order valence-electron chi connectivity index (χ4n) is 4.61. The summed E-state index contributed by atoms with van der Waals surface area (Å²) in [5.41, 5.74) is 6.20. The second-order valence-electron chi connectivity index (χ2n) is 7.62. The van der Waals surface area contributed by atoms with Crippen molar-refractivity contribution in [3.8, 4) is 0 Å². The van der Waals surface area contributed by atoms with Gasteiger partial charge < -0.3 is 15.2 Å². The Labute approximate surface area is 152 Å². The minimum Gasteiger partial charge on any atom is -0.419 e. The van der Waals surface area contributed by atoms with Crippen LogP contribution in [0.3, 0.4) is 0 Å². The van der Waals surface area contributed by atoms with E-state index in [4.69, 9.17) is 27.4 Å². The Morgan fingerprint density at radius 1 is 0.920 bits per heavy atom. The van der Waals surface area contributed by atoms with Gasteiger partial charge in [0, 0.05) is 12.0 Å². The van der Waals surface area contributed by atoms with Gasteiger partial charge in [0.1, 0.15) is 0 Å². The Morgan fingerprint density at radius 3 is 2.24 bits per heavy atom. The normalized spacial score (nSPS) is 38.1. The summed E-state index contributed by atoms with van der Waals surface area (Å²) in [6.45, 7) is 1.90. The van der Waals surface area contributed by atoms with Gasteiger partial charge >= 0.3 is 17.9 Å². The van der Waals surface area contributed by atoms with Gasteiger partial charge in [0.2, 0.25) is 0 Å². The summed E-state index contributed by atoms with van der Waals surface area (Å²) in [6, 6.07) is -0.184. The molecule has 0 amide bonds. The molecule has 25 heavy (non-hydrogen) atoms. The zero-order valence-electron chi connectivity index (χ0n) is 14.4. The molecule has 3 aliphatic rings. The molecule has 2 heterocycles. The molecule has 6 unspecified atom stereocenters. The van der Waals surface area contributed by atoms with Crippen LogP contribution < -0.4 is 5.73 Å². The number of carbonyl (C=O) groups excluding carboxylic acids is 3. The molecule has 0 aromatic rings. The summed E-state index contributed by atoms with van der Waals surface area (Å²) in [6.07, 6.45) is 4.74. The van der Waals surface area contributed by atoms with Crippen LogP contribution in [0.15, 0.2) is 0 Å². The molecule has 0 aromatic carbocycles. The third kappa shape index (κ3) is 3.77. The lowest BCUT2D eigenvalue weighted by Gasteiger charge is -2.40. The molecule has 1 saturated carbocycles. The van der Waals surface area contributed by atoms with Crippen LogP contribution in [0.4, 0.5) is 0 Å². The summed E-state index contributed by atoms with van der Waals surface area (Å²) in [4.78, 5) is 36.3. The fourth-order valence-corrected chi connectivity index (χ4v) is 4.96. The molecule has 0 radical (unpaired) electrons. The number of nitrogens with two attached hydrogens (primary N) is 1. The van der Waals surface area contributed by atoms with Gasteiger partial charge in [-0.05, 0) is 57.2 Å². The maximum Gasteiger partial charge on any atom is 0.316 e. The number of fused-ring (bicyclic) bond motifs is 4. The van der Waals surface area contributed by atoms with E-state index in [0.29, 0.717) is 32.1 Å². The topological polar surface area (TPSA) is 95.7 Å². The predicted octanol–water partition coefficient (Wildman–Crippen LogP) is 2.13. The molecular weight excluding hydrogens is 342 g/mol. The molecule has 4 bridgehead atoms. The lowest BCUT2D eigenvalue weighted by Crippen LogP contribution is -2.49. The predicted molar refractivity (Wildman–Crippen MR) is 93.2 cm³/mol. The molecule has 6 nitrogen and oxygen atoms in total. The number of rotatable bonds is 1. The highest BCUT2D eigenvalue weighted by molar-refractivity contribution is 7.80. The summed E-state index contributed by atoms with van der Waals surface area (Å²) < 4.78 is 10.3. The first-order valence-corrected chi connectivity index (χ1v) is 9.56. The van der Waals surface area contributed by atoms with Crippen LogP contribution in [0.2, 0.25) is 0 Å².